The molecule has 1 aromatic carbocycles. The number of H-pyrrole nitrogens is 1. The van der Waals surface area contributed by atoms with Gasteiger partial charge in [-0.2, -0.15) is 0 Å². The summed E-state index contributed by atoms with van der Waals surface area (Å²) in [4.78, 5) is 38.0. The third-order valence-corrected chi connectivity index (χ3v) is 9.91. The van der Waals surface area contributed by atoms with Gasteiger partial charge in [0.2, 0.25) is 5.91 Å². The van der Waals surface area contributed by atoms with E-state index in [1.807, 2.05) is 4.98 Å². The molecule has 5 N–H and O–H groups in total. The van der Waals surface area contributed by atoms with Gasteiger partial charge in [-0.25, -0.2) is 18.8 Å². The number of para-hydroxylation sites is 1. The van der Waals surface area contributed by atoms with Gasteiger partial charge in [0.25, 0.3) is 5.56 Å². The molecule has 1 aliphatic heterocycles. The number of aromatic nitrogens is 2. The van der Waals surface area contributed by atoms with Gasteiger partial charge in [-0.1, -0.05) is 85.9 Å². The summed E-state index contributed by atoms with van der Waals surface area (Å²) in [6, 6.07) is 9.32. The molecule has 1 aliphatic rings. The summed E-state index contributed by atoms with van der Waals surface area (Å²) in [5.74, 6) is 0.214. The van der Waals surface area contributed by atoms with Gasteiger partial charge >= 0.3 is 13.4 Å². The Morgan fingerprint density at radius 1 is 0.945 bits per heavy atom. The van der Waals surface area contributed by atoms with E-state index >= 15 is 4.39 Å². The molecular formula is C40H57FN5O8P. The summed E-state index contributed by atoms with van der Waals surface area (Å²) in [5.41, 5.74) is -4.05. The lowest BCUT2D eigenvalue weighted by Gasteiger charge is -2.24. The van der Waals surface area contributed by atoms with Crippen molar-refractivity contribution in [2.75, 3.05) is 32.8 Å². The van der Waals surface area contributed by atoms with Gasteiger partial charge in [0.15, 0.2) is 11.9 Å². The number of nitrogens with zero attached hydrogens (tertiary/aromatic N) is 1. The predicted molar refractivity (Wildman–Crippen MR) is 214 cm³/mol. The number of aliphatic hydroxyl groups is 1. The van der Waals surface area contributed by atoms with Gasteiger partial charge in [-0.15, -0.1) is 0 Å². The molecule has 1 saturated heterocycles. The molecule has 1 fully saturated rings. The lowest BCUT2D eigenvalue weighted by atomic mass is 9.98. The molecule has 5 unspecified atom stereocenters. The van der Waals surface area contributed by atoms with Crippen molar-refractivity contribution in [1.29, 1.82) is 0 Å². The normalized spacial score (nSPS) is 21.4. The zero-order chi connectivity index (χ0) is 39.8. The first kappa shape index (κ1) is 45.2. The number of benzene rings is 1. The number of carbonyl (C=O) groups is 1. The monoisotopic (exact) mass is 785 g/mol. The van der Waals surface area contributed by atoms with Crippen LogP contribution in [0.3, 0.4) is 0 Å². The summed E-state index contributed by atoms with van der Waals surface area (Å²) in [7, 11) is -4.08. The van der Waals surface area contributed by atoms with Crippen molar-refractivity contribution >= 4 is 13.7 Å². The smallest absolute Gasteiger partial charge is 0.413 e. The Hall–Kier alpha value is -4.17. The molecule has 55 heavy (non-hydrogen) atoms. The average molecular weight is 786 g/mol. The standard InChI is InChI=1S/C40H57FN5O8P/c1-3-4-5-6-7-8-9-10-11-12-13-14-15-16-17-18-22-25-35(47)43-29-27-42-28-30-44-55(51,54-33-23-20-19-21-24-33)52-32-34-37(49)40(2,41)38(53-34)46-31-26-36(48)45-39(46)50/h4-5,7-8,10-11,13-14,16-17,19-21,23-24,26,31,34,37-38,42,49H,3,6,9,12,15,18,22,25,27-30,32H2,1-2H3,(H,43,47)(H,44,51)(H,45,48,50). The molecule has 2 heterocycles. The maximum atomic E-state index is 15.6. The van der Waals surface area contributed by atoms with Gasteiger partial charge in [0, 0.05) is 44.9 Å². The molecular weight excluding hydrogens is 728 g/mol. The molecule has 1 aromatic heterocycles. The van der Waals surface area contributed by atoms with Crippen LogP contribution in [0.1, 0.15) is 71.4 Å². The molecule has 302 valence electrons. The fraction of sp³-hybridized carbons (Fsp3) is 0.475. The number of carbonyl (C=O) groups excluding carboxylic acids is 1. The maximum absolute atomic E-state index is 15.6. The van der Waals surface area contributed by atoms with Crippen molar-refractivity contribution < 1.29 is 32.6 Å². The van der Waals surface area contributed by atoms with Crippen LogP contribution < -0.4 is 31.5 Å². The first-order valence-corrected chi connectivity index (χ1v) is 20.4. The number of alkyl halides is 1. The number of aliphatic hydroxyl groups excluding tert-OH is 1. The van der Waals surface area contributed by atoms with E-state index in [0.717, 1.165) is 68.7 Å². The minimum Gasteiger partial charge on any atom is -0.413 e. The number of halogens is 1. The van der Waals surface area contributed by atoms with Crippen LogP contribution in [0.15, 0.2) is 113 Å². The Bertz CT molecular complexity index is 1740. The van der Waals surface area contributed by atoms with Gasteiger partial charge in [0.05, 0.1) is 6.61 Å². The average Bonchev–Trinajstić information content (AvgIpc) is 3.38. The number of aromatic amines is 1. The van der Waals surface area contributed by atoms with Crippen molar-refractivity contribution in [3.63, 3.8) is 0 Å². The molecule has 5 atom stereocenters. The van der Waals surface area contributed by atoms with Gasteiger partial charge in [-0.05, 0) is 64.0 Å². The Balaban J connectivity index is 1.31. The molecule has 15 heteroatoms. The number of allylic oxidation sites excluding steroid dienone is 10. The number of hydrogen-bond donors (Lipinski definition) is 5. The molecule has 3 rings (SSSR count). The molecule has 0 saturated carbocycles. The van der Waals surface area contributed by atoms with E-state index in [4.69, 9.17) is 13.8 Å². The lowest BCUT2D eigenvalue weighted by molar-refractivity contribution is -0.121. The fourth-order valence-electron chi connectivity index (χ4n) is 5.39. The Morgan fingerprint density at radius 2 is 1.56 bits per heavy atom. The highest BCUT2D eigenvalue weighted by Crippen LogP contribution is 2.46. The summed E-state index contributed by atoms with van der Waals surface area (Å²) in [6.07, 6.45) is 24.7. The summed E-state index contributed by atoms with van der Waals surface area (Å²) in [5, 5.41) is 19.5. The number of ether oxygens (including phenoxy) is 1. The minimum atomic E-state index is -4.08. The largest absolute Gasteiger partial charge is 0.458 e. The maximum Gasteiger partial charge on any atom is 0.458 e. The van der Waals surface area contributed by atoms with Crippen LogP contribution in [-0.2, 0) is 18.6 Å². The summed E-state index contributed by atoms with van der Waals surface area (Å²) < 4.78 is 47.1. The van der Waals surface area contributed by atoms with E-state index in [9.17, 15) is 24.1 Å². The van der Waals surface area contributed by atoms with Crippen molar-refractivity contribution in [1.82, 2.24) is 25.3 Å². The third kappa shape index (κ3) is 17.0. The summed E-state index contributed by atoms with van der Waals surface area (Å²) >= 11 is 0. The quantitative estimate of drug-likeness (QED) is 0.0437. The zero-order valence-electron chi connectivity index (χ0n) is 31.8. The molecule has 0 aliphatic carbocycles. The van der Waals surface area contributed by atoms with Crippen molar-refractivity contribution in [2.45, 2.75) is 89.3 Å². The van der Waals surface area contributed by atoms with Crippen LogP contribution in [0, 0.1) is 0 Å². The van der Waals surface area contributed by atoms with E-state index in [0.29, 0.717) is 26.1 Å². The second-order valence-electron chi connectivity index (χ2n) is 12.9. The topological polar surface area (TPSA) is 173 Å². The van der Waals surface area contributed by atoms with E-state index in [-0.39, 0.29) is 18.2 Å². The first-order valence-electron chi connectivity index (χ1n) is 18.9. The highest BCUT2D eigenvalue weighted by atomic mass is 31.2. The second-order valence-corrected chi connectivity index (χ2v) is 14.7. The fourth-order valence-corrected chi connectivity index (χ4v) is 6.73. The number of unbranched alkanes of at least 4 members (excludes halogenated alkanes) is 1. The van der Waals surface area contributed by atoms with Crippen LogP contribution in [0.2, 0.25) is 0 Å². The lowest BCUT2D eigenvalue weighted by Crippen LogP contribution is -2.43. The van der Waals surface area contributed by atoms with E-state index in [1.165, 1.54) is 0 Å². The van der Waals surface area contributed by atoms with Gasteiger partial charge < -0.3 is 25.0 Å². The number of amides is 1. The SMILES string of the molecule is CCC=CCC=CCC=CCC=CCC=CCCCC(=O)NCCNCCNP(=O)(OCC1OC(n2ccc(=O)[nH]c2=O)C(C)(F)C1O)Oc1ccccc1. The zero-order valence-corrected chi connectivity index (χ0v) is 32.7. The van der Waals surface area contributed by atoms with Crippen molar-refractivity contribution in [2.24, 2.45) is 0 Å². The van der Waals surface area contributed by atoms with Crippen LogP contribution in [0.4, 0.5) is 4.39 Å². The highest BCUT2D eigenvalue weighted by molar-refractivity contribution is 7.52. The van der Waals surface area contributed by atoms with Crippen molar-refractivity contribution in [3.05, 3.63) is 124 Å². The van der Waals surface area contributed by atoms with Crippen LogP contribution in [0.5, 0.6) is 5.75 Å². The molecule has 1 amide bonds. The molecule has 0 radical (unpaired) electrons. The Labute approximate surface area is 323 Å². The first-order chi connectivity index (χ1) is 26.6. The predicted octanol–water partition coefficient (Wildman–Crippen LogP) is 5.94. The molecule has 0 bridgehead atoms. The number of hydrogen-bond acceptors (Lipinski definition) is 9. The van der Waals surface area contributed by atoms with Crippen molar-refractivity contribution in [3.8, 4) is 5.75 Å². The molecule has 0 spiro atoms. The molecule has 13 nitrogen and oxygen atoms in total. The Kier molecular flexibility index (Phi) is 20.6. The minimum absolute atomic E-state index is 0.0326. The third-order valence-electron chi connectivity index (χ3n) is 8.36. The van der Waals surface area contributed by atoms with Gasteiger partial charge in [0.1, 0.15) is 18.0 Å². The number of rotatable bonds is 26. The second kappa shape index (κ2) is 25.1. The Morgan fingerprint density at radius 3 is 2.20 bits per heavy atom. The van der Waals surface area contributed by atoms with E-state index in [1.54, 1.807) is 30.3 Å². The summed E-state index contributed by atoms with van der Waals surface area (Å²) in [6.45, 7) is 3.99. The van der Waals surface area contributed by atoms with Crippen LogP contribution in [0.25, 0.3) is 0 Å². The highest BCUT2D eigenvalue weighted by Gasteiger charge is 2.55. The van der Waals surface area contributed by atoms with Crippen LogP contribution >= 0.6 is 7.75 Å². The van der Waals surface area contributed by atoms with Crippen LogP contribution in [-0.4, -0.2) is 71.2 Å². The number of nitrogens with one attached hydrogen (secondary N) is 4. The molecule has 2 aromatic rings. The van der Waals surface area contributed by atoms with E-state index < -0.39 is 49.7 Å². The van der Waals surface area contributed by atoms with Gasteiger partial charge in [-0.3, -0.25) is 23.7 Å². The van der Waals surface area contributed by atoms with E-state index in [2.05, 4.69) is 83.4 Å².